The van der Waals surface area contributed by atoms with Crippen LogP contribution in [-0.2, 0) is 16.2 Å². The Morgan fingerprint density at radius 2 is 2.00 bits per heavy atom. The molecule has 0 spiro atoms. The molecule has 20 heavy (non-hydrogen) atoms. The third kappa shape index (κ3) is 4.34. The van der Waals surface area contributed by atoms with Gasteiger partial charge >= 0.3 is 5.97 Å². The van der Waals surface area contributed by atoms with Crippen molar-refractivity contribution in [3.8, 4) is 0 Å². The fourth-order valence-corrected chi connectivity index (χ4v) is 2.72. The first-order valence-corrected chi connectivity index (χ1v) is 7.65. The average Bonchev–Trinajstić information content (AvgIpc) is 2.46. The number of hydrogen-bond acceptors (Lipinski definition) is 3. The Kier molecular flexibility index (Phi) is 5.60. The monoisotopic (exact) mass is 276 g/mol. The van der Waals surface area contributed by atoms with Gasteiger partial charge in [0.2, 0.25) is 0 Å². The van der Waals surface area contributed by atoms with E-state index < -0.39 is 5.97 Å². The number of rotatable bonds is 5. The summed E-state index contributed by atoms with van der Waals surface area (Å²) in [7, 11) is 0. The molecule has 2 unspecified atom stereocenters. The average molecular weight is 276 g/mol. The Hall–Kier alpha value is -1.35. The smallest absolute Gasteiger partial charge is 0.293 e. The van der Waals surface area contributed by atoms with Crippen LogP contribution in [0.25, 0.3) is 0 Å². The third-order valence-electron chi connectivity index (χ3n) is 3.88. The number of benzene rings is 1. The summed E-state index contributed by atoms with van der Waals surface area (Å²) in [5, 5.41) is 0. The summed E-state index contributed by atoms with van der Waals surface area (Å²) >= 11 is 0. The van der Waals surface area contributed by atoms with Gasteiger partial charge < -0.3 is 0 Å². The van der Waals surface area contributed by atoms with Gasteiger partial charge in [-0.1, -0.05) is 45.2 Å². The molecule has 0 radical (unpaired) electrons. The van der Waals surface area contributed by atoms with Crippen molar-refractivity contribution in [1.29, 1.82) is 0 Å². The summed E-state index contributed by atoms with van der Waals surface area (Å²) in [6.07, 6.45) is 6.54. The van der Waals surface area contributed by atoms with E-state index >= 15 is 0 Å². The summed E-state index contributed by atoms with van der Waals surface area (Å²) in [4.78, 5) is 22.2. The highest BCUT2D eigenvalue weighted by molar-refractivity contribution is 5.88. The van der Waals surface area contributed by atoms with Gasteiger partial charge in [0.15, 0.2) is 0 Å². The van der Waals surface area contributed by atoms with E-state index in [1.54, 1.807) is 12.1 Å². The minimum atomic E-state index is -0.397. The molecular weight excluding hydrogens is 252 g/mol. The van der Waals surface area contributed by atoms with Crippen LogP contribution in [0.4, 0.5) is 0 Å². The van der Waals surface area contributed by atoms with Gasteiger partial charge in [-0.3, -0.25) is 4.89 Å². The zero-order chi connectivity index (χ0) is 14.4. The molecule has 1 aliphatic rings. The topological polar surface area (TPSA) is 35.5 Å². The van der Waals surface area contributed by atoms with Gasteiger partial charge in [0.05, 0.1) is 5.56 Å². The van der Waals surface area contributed by atoms with Gasteiger partial charge in [-0.05, 0) is 42.9 Å². The molecule has 1 fully saturated rings. The Morgan fingerprint density at radius 3 is 2.65 bits per heavy atom. The fraction of sp³-hybridized carbons (Fsp3) is 0.588. The third-order valence-corrected chi connectivity index (χ3v) is 3.88. The van der Waals surface area contributed by atoms with Gasteiger partial charge in [-0.25, -0.2) is 4.79 Å². The van der Waals surface area contributed by atoms with Crippen molar-refractivity contribution < 1.29 is 14.6 Å². The van der Waals surface area contributed by atoms with Crippen LogP contribution in [0.15, 0.2) is 24.3 Å². The molecule has 0 aromatic heterocycles. The molecule has 1 aromatic carbocycles. The van der Waals surface area contributed by atoms with Crippen LogP contribution in [0.5, 0.6) is 0 Å². The van der Waals surface area contributed by atoms with E-state index in [0.717, 1.165) is 32.1 Å². The molecule has 2 atom stereocenters. The number of carbonyl (C=O) groups excluding carboxylic acids is 1. The van der Waals surface area contributed by atoms with Crippen LogP contribution in [0, 0.1) is 5.92 Å². The summed E-state index contributed by atoms with van der Waals surface area (Å²) in [6, 6.07) is 7.56. The Balaban J connectivity index is 1.82. The molecule has 3 nitrogen and oxygen atoms in total. The highest BCUT2D eigenvalue weighted by atomic mass is 17.2. The van der Waals surface area contributed by atoms with Gasteiger partial charge in [0.1, 0.15) is 6.10 Å². The van der Waals surface area contributed by atoms with Crippen LogP contribution in [0.3, 0.4) is 0 Å². The molecule has 2 rings (SSSR count). The summed E-state index contributed by atoms with van der Waals surface area (Å²) < 4.78 is 0. The van der Waals surface area contributed by atoms with Gasteiger partial charge in [0.25, 0.3) is 0 Å². The lowest BCUT2D eigenvalue weighted by molar-refractivity contribution is -0.281. The molecule has 0 N–H and O–H groups in total. The van der Waals surface area contributed by atoms with E-state index in [1.807, 2.05) is 12.1 Å². The Labute approximate surface area is 121 Å². The number of carbonyl (C=O) groups is 1. The molecule has 1 aromatic rings. The first-order valence-electron chi connectivity index (χ1n) is 7.65. The molecule has 0 amide bonds. The van der Waals surface area contributed by atoms with Gasteiger partial charge in [-0.15, -0.1) is 0 Å². The zero-order valence-corrected chi connectivity index (χ0v) is 12.4. The van der Waals surface area contributed by atoms with Crippen molar-refractivity contribution >= 4 is 5.97 Å². The molecule has 0 saturated heterocycles. The maximum Gasteiger partial charge on any atom is 0.373 e. The van der Waals surface area contributed by atoms with E-state index in [4.69, 9.17) is 9.78 Å². The zero-order valence-electron chi connectivity index (χ0n) is 12.4. The minimum absolute atomic E-state index is 0.0575. The number of hydrogen-bond donors (Lipinski definition) is 0. The van der Waals surface area contributed by atoms with E-state index in [-0.39, 0.29) is 6.10 Å². The van der Waals surface area contributed by atoms with Gasteiger partial charge in [-0.2, -0.15) is 4.89 Å². The highest BCUT2D eigenvalue weighted by Crippen LogP contribution is 2.26. The van der Waals surface area contributed by atoms with Crippen molar-refractivity contribution in [1.82, 2.24) is 0 Å². The van der Waals surface area contributed by atoms with E-state index in [2.05, 4.69) is 13.8 Å². The summed E-state index contributed by atoms with van der Waals surface area (Å²) in [5.74, 6) is 0.257. The van der Waals surface area contributed by atoms with Crippen molar-refractivity contribution in [2.45, 2.75) is 58.5 Å². The van der Waals surface area contributed by atoms with Crippen LogP contribution >= 0.6 is 0 Å². The number of aryl methyl sites for hydroxylation is 1. The van der Waals surface area contributed by atoms with E-state index in [1.165, 1.54) is 12.0 Å². The predicted octanol–water partition coefficient (Wildman–Crippen LogP) is 4.31. The largest absolute Gasteiger partial charge is 0.373 e. The quantitative estimate of drug-likeness (QED) is 0.594. The standard InChI is InChI=1S/C17H24O3/c1-3-5-14-8-10-15(11-9-14)17(18)20-19-16-7-4-6-13(2)12-16/h8-11,13,16H,3-7,12H2,1-2H3. The van der Waals surface area contributed by atoms with E-state index in [9.17, 15) is 4.79 Å². The van der Waals surface area contributed by atoms with E-state index in [0.29, 0.717) is 11.5 Å². The first-order chi connectivity index (χ1) is 9.69. The second-order valence-electron chi connectivity index (χ2n) is 5.81. The highest BCUT2D eigenvalue weighted by Gasteiger charge is 2.22. The minimum Gasteiger partial charge on any atom is -0.293 e. The molecular formula is C17H24O3. The molecule has 0 heterocycles. The first kappa shape index (κ1) is 15.0. The van der Waals surface area contributed by atoms with Crippen LogP contribution < -0.4 is 0 Å². The van der Waals surface area contributed by atoms with Crippen molar-refractivity contribution in [3.63, 3.8) is 0 Å². The second kappa shape index (κ2) is 7.44. The molecule has 0 bridgehead atoms. The Bertz CT molecular complexity index is 424. The normalized spacial score (nSPS) is 22.5. The van der Waals surface area contributed by atoms with Gasteiger partial charge in [0, 0.05) is 0 Å². The molecule has 3 heteroatoms. The van der Waals surface area contributed by atoms with Crippen molar-refractivity contribution in [2.24, 2.45) is 5.92 Å². The Morgan fingerprint density at radius 1 is 1.25 bits per heavy atom. The van der Waals surface area contributed by atoms with Crippen molar-refractivity contribution in [2.75, 3.05) is 0 Å². The fourth-order valence-electron chi connectivity index (χ4n) is 2.72. The van der Waals surface area contributed by atoms with Crippen molar-refractivity contribution in [3.05, 3.63) is 35.4 Å². The maximum atomic E-state index is 11.9. The molecule has 0 aliphatic heterocycles. The molecule has 110 valence electrons. The summed E-state index contributed by atoms with van der Waals surface area (Å²) in [6.45, 7) is 4.35. The second-order valence-corrected chi connectivity index (χ2v) is 5.81. The lowest BCUT2D eigenvalue weighted by Crippen LogP contribution is -2.23. The molecule has 1 saturated carbocycles. The van der Waals surface area contributed by atoms with Crippen LogP contribution in [-0.4, -0.2) is 12.1 Å². The lowest BCUT2D eigenvalue weighted by Gasteiger charge is -2.24. The SMILES string of the molecule is CCCc1ccc(C(=O)OOC2CCCC(C)C2)cc1. The van der Waals surface area contributed by atoms with Crippen LogP contribution in [0.1, 0.15) is 61.9 Å². The lowest BCUT2D eigenvalue weighted by atomic mass is 9.89. The maximum absolute atomic E-state index is 11.9. The molecule has 1 aliphatic carbocycles. The van der Waals surface area contributed by atoms with Crippen LogP contribution in [0.2, 0.25) is 0 Å². The summed E-state index contributed by atoms with van der Waals surface area (Å²) in [5.41, 5.74) is 1.79. The predicted molar refractivity (Wildman–Crippen MR) is 78.4 cm³/mol.